The van der Waals surface area contributed by atoms with Gasteiger partial charge in [-0.2, -0.15) is 0 Å². The SMILES string of the molecule is COC(=O)c1ccc([C@@H]2[C@H](Oc3ccccc3)C(=O)N2C)cc1. The third-order valence-corrected chi connectivity index (χ3v) is 3.97. The van der Waals surface area contributed by atoms with Crippen LogP contribution in [-0.2, 0) is 9.53 Å². The lowest BCUT2D eigenvalue weighted by Gasteiger charge is -2.44. The first-order chi connectivity index (χ1) is 11.1. The number of para-hydroxylation sites is 1. The predicted octanol–water partition coefficient (Wildman–Crippen LogP) is 2.43. The van der Waals surface area contributed by atoms with Gasteiger partial charge in [0.25, 0.3) is 5.91 Å². The zero-order valence-corrected chi connectivity index (χ0v) is 12.9. The third-order valence-electron chi connectivity index (χ3n) is 3.97. The summed E-state index contributed by atoms with van der Waals surface area (Å²) in [5.74, 6) is 0.220. The summed E-state index contributed by atoms with van der Waals surface area (Å²) in [5, 5.41) is 0. The van der Waals surface area contributed by atoms with E-state index in [1.54, 1.807) is 24.1 Å². The van der Waals surface area contributed by atoms with Crippen LogP contribution >= 0.6 is 0 Å². The van der Waals surface area contributed by atoms with Gasteiger partial charge in [-0.05, 0) is 29.8 Å². The highest BCUT2D eigenvalue weighted by Gasteiger charge is 2.47. The maximum Gasteiger partial charge on any atom is 0.337 e. The van der Waals surface area contributed by atoms with Crippen LogP contribution in [0.2, 0.25) is 0 Å². The third kappa shape index (κ3) is 2.77. The molecule has 1 heterocycles. The van der Waals surface area contributed by atoms with Crippen molar-refractivity contribution in [3.05, 3.63) is 65.7 Å². The molecule has 2 aromatic rings. The van der Waals surface area contributed by atoms with Gasteiger partial charge in [0.05, 0.1) is 12.7 Å². The maximum absolute atomic E-state index is 12.1. The average Bonchev–Trinajstić information content (AvgIpc) is 2.61. The van der Waals surface area contributed by atoms with E-state index in [0.29, 0.717) is 11.3 Å². The highest BCUT2D eigenvalue weighted by Crippen LogP contribution is 2.36. The molecule has 1 aliphatic heterocycles. The standard InChI is InChI=1S/C18H17NO4/c1-19-15(12-8-10-13(11-9-12)18(21)22-2)16(17(19)20)23-14-6-4-3-5-7-14/h3-11,15-16H,1-2H3/t15-,16+/m1/s1. The van der Waals surface area contributed by atoms with Crippen molar-refractivity contribution in [3.8, 4) is 5.75 Å². The van der Waals surface area contributed by atoms with E-state index >= 15 is 0 Å². The van der Waals surface area contributed by atoms with E-state index in [0.717, 1.165) is 5.56 Å². The van der Waals surface area contributed by atoms with Crippen molar-refractivity contribution in [2.75, 3.05) is 14.2 Å². The molecule has 2 aromatic carbocycles. The molecule has 0 bridgehead atoms. The van der Waals surface area contributed by atoms with Gasteiger partial charge in [-0.3, -0.25) is 4.79 Å². The van der Waals surface area contributed by atoms with Crippen molar-refractivity contribution in [3.63, 3.8) is 0 Å². The second-order valence-electron chi connectivity index (χ2n) is 5.36. The number of nitrogens with zero attached hydrogens (tertiary/aromatic N) is 1. The van der Waals surface area contributed by atoms with Gasteiger partial charge in [0.1, 0.15) is 11.8 Å². The molecule has 0 unspecified atom stereocenters. The Labute approximate surface area is 134 Å². The first kappa shape index (κ1) is 15.1. The summed E-state index contributed by atoms with van der Waals surface area (Å²) in [5.41, 5.74) is 1.39. The van der Waals surface area contributed by atoms with Gasteiger partial charge in [0, 0.05) is 7.05 Å². The topological polar surface area (TPSA) is 55.8 Å². The number of rotatable bonds is 4. The molecule has 2 atom stereocenters. The Bertz CT molecular complexity index is 712. The monoisotopic (exact) mass is 311 g/mol. The molecule has 0 spiro atoms. The fourth-order valence-electron chi connectivity index (χ4n) is 2.69. The number of likely N-dealkylation sites (N-methyl/N-ethyl adjacent to an activating group) is 1. The molecular formula is C18H17NO4. The summed E-state index contributed by atoms with van der Waals surface area (Å²) < 4.78 is 10.5. The average molecular weight is 311 g/mol. The molecular weight excluding hydrogens is 294 g/mol. The van der Waals surface area contributed by atoms with Crippen LogP contribution in [-0.4, -0.2) is 37.0 Å². The van der Waals surface area contributed by atoms with E-state index < -0.39 is 6.10 Å². The minimum Gasteiger partial charge on any atom is -0.478 e. The van der Waals surface area contributed by atoms with Crippen molar-refractivity contribution in [1.29, 1.82) is 0 Å². The van der Waals surface area contributed by atoms with Crippen molar-refractivity contribution in [1.82, 2.24) is 4.90 Å². The van der Waals surface area contributed by atoms with Crippen molar-refractivity contribution in [2.24, 2.45) is 0 Å². The van der Waals surface area contributed by atoms with E-state index in [1.807, 2.05) is 42.5 Å². The fourth-order valence-corrected chi connectivity index (χ4v) is 2.69. The molecule has 0 saturated carbocycles. The number of amides is 1. The van der Waals surface area contributed by atoms with E-state index in [9.17, 15) is 9.59 Å². The highest BCUT2D eigenvalue weighted by atomic mass is 16.5. The summed E-state index contributed by atoms with van der Waals surface area (Å²) in [6.07, 6.45) is -0.550. The number of β-lactam (4-membered cyclic amide) rings is 1. The molecule has 0 N–H and O–H groups in total. The maximum atomic E-state index is 12.1. The molecule has 118 valence electrons. The Kier molecular flexibility index (Phi) is 4.02. The number of hydrogen-bond acceptors (Lipinski definition) is 4. The smallest absolute Gasteiger partial charge is 0.337 e. The van der Waals surface area contributed by atoms with Crippen LogP contribution in [0, 0.1) is 0 Å². The van der Waals surface area contributed by atoms with Gasteiger partial charge >= 0.3 is 5.97 Å². The number of benzene rings is 2. The molecule has 0 aromatic heterocycles. The van der Waals surface area contributed by atoms with Crippen molar-refractivity contribution in [2.45, 2.75) is 12.1 Å². The Morgan fingerprint density at radius 3 is 2.30 bits per heavy atom. The highest BCUT2D eigenvalue weighted by molar-refractivity contribution is 5.90. The predicted molar refractivity (Wildman–Crippen MR) is 84.2 cm³/mol. The van der Waals surface area contributed by atoms with Gasteiger partial charge in [0.15, 0.2) is 0 Å². The van der Waals surface area contributed by atoms with Crippen molar-refractivity contribution < 1.29 is 19.1 Å². The lowest BCUT2D eigenvalue weighted by Crippen LogP contribution is -2.59. The second-order valence-corrected chi connectivity index (χ2v) is 5.36. The summed E-state index contributed by atoms with van der Waals surface area (Å²) in [6, 6.07) is 16.1. The molecule has 5 heteroatoms. The van der Waals surface area contributed by atoms with Crippen LogP contribution in [0.15, 0.2) is 54.6 Å². The molecule has 5 nitrogen and oxygen atoms in total. The number of hydrogen-bond donors (Lipinski definition) is 0. The molecule has 1 saturated heterocycles. The molecule has 23 heavy (non-hydrogen) atoms. The van der Waals surface area contributed by atoms with Crippen LogP contribution in [0.1, 0.15) is 22.0 Å². The van der Waals surface area contributed by atoms with Gasteiger partial charge in [-0.25, -0.2) is 4.79 Å². The first-order valence-electron chi connectivity index (χ1n) is 7.28. The molecule has 1 amide bonds. The molecule has 1 fully saturated rings. The van der Waals surface area contributed by atoms with Crippen LogP contribution in [0.25, 0.3) is 0 Å². The summed E-state index contributed by atoms with van der Waals surface area (Å²) in [4.78, 5) is 25.2. The lowest BCUT2D eigenvalue weighted by molar-refractivity contribution is -0.160. The Morgan fingerprint density at radius 2 is 1.70 bits per heavy atom. The second kappa shape index (κ2) is 6.12. The minimum absolute atomic E-state index is 0.0594. The van der Waals surface area contributed by atoms with Crippen LogP contribution in [0.5, 0.6) is 5.75 Å². The van der Waals surface area contributed by atoms with Gasteiger partial charge in [0.2, 0.25) is 6.10 Å². The van der Waals surface area contributed by atoms with Crippen LogP contribution in [0.4, 0.5) is 0 Å². The summed E-state index contributed by atoms with van der Waals surface area (Å²) in [6.45, 7) is 0. The fraction of sp³-hybridized carbons (Fsp3) is 0.222. The van der Waals surface area contributed by atoms with E-state index in [-0.39, 0.29) is 17.9 Å². The summed E-state index contributed by atoms with van der Waals surface area (Å²) >= 11 is 0. The van der Waals surface area contributed by atoms with Gasteiger partial charge in [-0.1, -0.05) is 30.3 Å². The minimum atomic E-state index is -0.550. The zero-order chi connectivity index (χ0) is 16.4. The molecule has 3 rings (SSSR count). The van der Waals surface area contributed by atoms with E-state index in [2.05, 4.69) is 4.74 Å². The number of methoxy groups -OCH3 is 1. The van der Waals surface area contributed by atoms with Crippen LogP contribution in [0.3, 0.4) is 0 Å². The van der Waals surface area contributed by atoms with E-state index in [1.165, 1.54) is 7.11 Å². The molecule has 0 radical (unpaired) electrons. The van der Waals surface area contributed by atoms with Crippen molar-refractivity contribution >= 4 is 11.9 Å². The zero-order valence-electron chi connectivity index (χ0n) is 12.9. The lowest BCUT2D eigenvalue weighted by atomic mass is 9.91. The molecule has 1 aliphatic rings. The Balaban J connectivity index is 1.80. The summed E-state index contributed by atoms with van der Waals surface area (Å²) in [7, 11) is 3.09. The first-order valence-corrected chi connectivity index (χ1v) is 7.28. The number of likely N-dealkylation sites (tertiary alicyclic amines) is 1. The largest absolute Gasteiger partial charge is 0.478 e. The number of carbonyl (C=O) groups is 2. The van der Waals surface area contributed by atoms with E-state index in [4.69, 9.17) is 4.74 Å². The molecule has 0 aliphatic carbocycles. The number of carbonyl (C=O) groups excluding carboxylic acids is 2. The van der Waals surface area contributed by atoms with Gasteiger partial charge < -0.3 is 14.4 Å². The normalized spacial score (nSPS) is 19.9. The number of esters is 1. The number of ether oxygens (including phenoxy) is 2. The Morgan fingerprint density at radius 1 is 1.04 bits per heavy atom. The van der Waals surface area contributed by atoms with Gasteiger partial charge in [-0.15, -0.1) is 0 Å². The Hall–Kier alpha value is -2.82. The van der Waals surface area contributed by atoms with Crippen LogP contribution < -0.4 is 4.74 Å². The quantitative estimate of drug-likeness (QED) is 0.643.